The van der Waals surface area contributed by atoms with Gasteiger partial charge < -0.3 is 16.0 Å². The number of urea groups is 1. The number of aromatic nitrogens is 1. The van der Waals surface area contributed by atoms with Crippen LogP contribution in [-0.4, -0.2) is 17.2 Å². The zero-order valence-corrected chi connectivity index (χ0v) is 21.3. The van der Waals surface area contributed by atoms with Crippen molar-refractivity contribution in [3.05, 3.63) is 78.1 Å². The first-order chi connectivity index (χ1) is 16.9. The van der Waals surface area contributed by atoms with Crippen molar-refractivity contribution in [3.8, 4) is 11.1 Å². The predicted octanol–water partition coefficient (Wildman–Crippen LogP) is 7.75. The van der Waals surface area contributed by atoms with Crippen LogP contribution in [0.3, 0.4) is 0 Å². The highest BCUT2D eigenvalue weighted by molar-refractivity contribution is 5.92. The lowest BCUT2D eigenvalue weighted by Crippen LogP contribution is -2.47. The normalized spacial score (nSPS) is 14.8. The summed E-state index contributed by atoms with van der Waals surface area (Å²) in [6, 6.07) is 18.5. The molecule has 1 fully saturated rings. The maximum Gasteiger partial charge on any atom is 0.320 e. The molecule has 2 aromatic carbocycles. The number of nitrogens with one attached hydrogen (secondary N) is 3. The number of carbonyl (C=O) groups excluding carboxylic acids is 1. The van der Waals surface area contributed by atoms with Gasteiger partial charge in [-0.15, -0.1) is 0 Å². The minimum atomic E-state index is -0.161. The summed E-state index contributed by atoms with van der Waals surface area (Å²) in [5, 5.41) is 10.2. The monoisotopic (exact) mass is 470 g/mol. The Morgan fingerprint density at radius 1 is 0.857 bits per heavy atom. The number of nitrogens with zero attached hydrogens (tertiary/aromatic N) is 1. The molecule has 1 saturated carbocycles. The summed E-state index contributed by atoms with van der Waals surface area (Å²) in [5.74, 6) is 1.02. The maximum atomic E-state index is 13.4. The third-order valence-electron chi connectivity index (χ3n) is 7.00. The second-order valence-electron chi connectivity index (χ2n) is 10.2. The Labute approximate surface area is 209 Å². The van der Waals surface area contributed by atoms with E-state index in [0.717, 1.165) is 35.3 Å². The van der Waals surface area contributed by atoms with Crippen LogP contribution in [0.4, 0.5) is 16.2 Å². The number of anilines is 2. The number of benzene rings is 2. The van der Waals surface area contributed by atoms with Crippen LogP contribution in [0.15, 0.2) is 67.0 Å². The average Bonchev–Trinajstić information content (AvgIpc) is 3.39. The first kappa shape index (κ1) is 24.8. The van der Waals surface area contributed by atoms with Gasteiger partial charge in [0, 0.05) is 29.3 Å². The van der Waals surface area contributed by atoms with Gasteiger partial charge in [-0.25, -0.2) is 4.79 Å². The van der Waals surface area contributed by atoms with Crippen molar-refractivity contribution < 1.29 is 4.79 Å². The van der Waals surface area contributed by atoms with E-state index in [1.807, 2.05) is 36.7 Å². The molecule has 1 aromatic heterocycles. The fourth-order valence-corrected chi connectivity index (χ4v) is 5.11. The summed E-state index contributed by atoms with van der Waals surface area (Å²) in [4.78, 5) is 17.6. The van der Waals surface area contributed by atoms with E-state index in [0.29, 0.717) is 17.8 Å². The highest BCUT2D eigenvalue weighted by atomic mass is 16.2. The van der Waals surface area contributed by atoms with Crippen LogP contribution in [0.5, 0.6) is 0 Å². The number of hydrogen-bond acceptors (Lipinski definition) is 3. The predicted molar refractivity (Wildman–Crippen MR) is 146 cm³/mol. The van der Waals surface area contributed by atoms with E-state index in [1.165, 1.54) is 24.0 Å². The summed E-state index contributed by atoms with van der Waals surface area (Å²) in [6.45, 7) is 8.67. The van der Waals surface area contributed by atoms with Gasteiger partial charge in [0.25, 0.3) is 0 Å². The van der Waals surface area contributed by atoms with Gasteiger partial charge in [0.05, 0.1) is 0 Å². The van der Waals surface area contributed by atoms with Gasteiger partial charge >= 0.3 is 6.03 Å². The second kappa shape index (κ2) is 11.4. The number of amides is 2. The highest BCUT2D eigenvalue weighted by Gasteiger charge is 2.28. The molecule has 1 heterocycles. The van der Waals surface area contributed by atoms with E-state index in [2.05, 4.69) is 79.0 Å². The van der Waals surface area contributed by atoms with Crippen molar-refractivity contribution in [1.29, 1.82) is 0 Å². The summed E-state index contributed by atoms with van der Waals surface area (Å²) in [7, 11) is 0. The SMILES string of the molecule is CC(C)c1cccc(C(C)C)c1NC(=O)NC(Nc1ccccc1-c1ccncc1)C1CCCC1. The average molecular weight is 471 g/mol. The second-order valence-corrected chi connectivity index (χ2v) is 10.2. The molecule has 5 heteroatoms. The summed E-state index contributed by atoms with van der Waals surface area (Å²) in [6.07, 6.45) is 8.08. The van der Waals surface area contributed by atoms with Gasteiger partial charge in [0.15, 0.2) is 0 Å². The third-order valence-corrected chi connectivity index (χ3v) is 7.00. The van der Waals surface area contributed by atoms with Crippen molar-refractivity contribution in [2.24, 2.45) is 5.92 Å². The molecular formula is C30H38N4O. The van der Waals surface area contributed by atoms with Crippen LogP contribution < -0.4 is 16.0 Å². The van der Waals surface area contributed by atoms with Crippen LogP contribution in [0.25, 0.3) is 11.1 Å². The van der Waals surface area contributed by atoms with Crippen molar-refractivity contribution in [3.63, 3.8) is 0 Å². The lowest BCUT2D eigenvalue weighted by atomic mass is 9.93. The molecule has 0 bridgehead atoms. The van der Waals surface area contributed by atoms with Crippen LogP contribution in [0.2, 0.25) is 0 Å². The van der Waals surface area contributed by atoms with Gasteiger partial charge in [-0.3, -0.25) is 4.98 Å². The summed E-state index contributed by atoms with van der Waals surface area (Å²) < 4.78 is 0. The largest absolute Gasteiger partial charge is 0.365 e. The number of rotatable bonds is 8. The van der Waals surface area contributed by atoms with E-state index in [4.69, 9.17) is 0 Å². The van der Waals surface area contributed by atoms with Gasteiger partial charge in [0.2, 0.25) is 0 Å². The minimum Gasteiger partial charge on any atom is -0.365 e. The zero-order valence-electron chi connectivity index (χ0n) is 21.3. The lowest BCUT2D eigenvalue weighted by molar-refractivity contribution is 0.245. The quantitative estimate of drug-likeness (QED) is 0.295. The Hall–Kier alpha value is -3.34. The van der Waals surface area contributed by atoms with Gasteiger partial charge in [-0.2, -0.15) is 0 Å². The van der Waals surface area contributed by atoms with Gasteiger partial charge in [0.1, 0.15) is 6.17 Å². The summed E-state index contributed by atoms with van der Waals surface area (Å²) >= 11 is 0. The van der Waals surface area contributed by atoms with Crippen LogP contribution in [-0.2, 0) is 0 Å². The lowest BCUT2D eigenvalue weighted by Gasteiger charge is -2.29. The molecule has 4 rings (SSSR count). The number of carbonyl (C=O) groups is 1. The first-order valence-corrected chi connectivity index (χ1v) is 12.9. The van der Waals surface area contributed by atoms with E-state index >= 15 is 0 Å². The smallest absolute Gasteiger partial charge is 0.320 e. The molecule has 1 atom stereocenters. The molecular weight excluding hydrogens is 432 g/mol. The Morgan fingerprint density at radius 2 is 1.49 bits per heavy atom. The van der Waals surface area contributed by atoms with Crippen molar-refractivity contribution in [2.45, 2.75) is 71.4 Å². The number of pyridine rings is 1. The molecule has 3 N–H and O–H groups in total. The molecule has 35 heavy (non-hydrogen) atoms. The molecule has 184 valence electrons. The molecule has 1 aliphatic rings. The molecule has 1 unspecified atom stereocenters. The standard InChI is InChI=1S/C30H38N4O/c1-20(2)24-13-9-14-25(21(3)4)28(24)33-30(35)34-29(23-10-5-6-11-23)32-27-15-8-7-12-26(27)22-16-18-31-19-17-22/h7-9,12-21,23,29,32H,5-6,10-11H2,1-4H3,(H2,33,34,35). The molecule has 2 amide bonds. The van der Waals surface area contributed by atoms with Gasteiger partial charge in [-0.1, -0.05) is 76.9 Å². The van der Waals surface area contributed by atoms with Crippen LogP contribution >= 0.6 is 0 Å². The topological polar surface area (TPSA) is 66.1 Å². The van der Waals surface area contributed by atoms with E-state index in [-0.39, 0.29) is 12.2 Å². The van der Waals surface area contributed by atoms with Crippen molar-refractivity contribution in [1.82, 2.24) is 10.3 Å². The molecule has 3 aromatic rings. The molecule has 0 radical (unpaired) electrons. The Balaban J connectivity index is 1.59. The van der Waals surface area contributed by atoms with Crippen molar-refractivity contribution >= 4 is 17.4 Å². The van der Waals surface area contributed by atoms with E-state index in [1.54, 1.807) is 0 Å². The maximum absolute atomic E-state index is 13.4. The molecule has 0 spiro atoms. The first-order valence-electron chi connectivity index (χ1n) is 12.9. The van der Waals surface area contributed by atoms with Crippen LogP contribution in [0.1, 0.15) is 76.3 Å². The Bertz CT molecular complexity index is 1090. The van der Waals surface area contributed by atoms with Gasteiger partial charge in [-0.05, 0) is 65.5 Å². The molecule has 5 nitrogen and oxygen atoms in total. The molecule has 0 aliphatic heterocycles. The zero-order chi connectivity index (χ0) is 24.8. The Morgan fingerprint density at radius 3 is 2.11 bits per heavy atom. The molecule has 0 saturated heterocycles. The fraction of sp³-hybridized carbons (Fsp3) is 0.400. The highest BCUT2D eigenvalue weighted by Crippen LogP contribution is 2.34. The van der Waals surface area contributed by atoms with E-state index in [9.17, 15) is 4.79 Å². The minimum absolute atomic E-state index is 0.158. The molecule has 1 aliphatic carbocycles. The fourth-order valence-electron chi connectivity index (χ4n) is 5.11. The third kappa shape index (κ3) is 6.02. The van der Waals surface area contributed by atoms with Crippen LogP contribution in [0, 0.1) is 5.92 Å². The number of para-hydroxylation sites is 2. The van der Waals surface area contributed by atoms with Crippen molar-refractivity contribution in [2.75, 3.05) is 10.6 Å². The number of hydrogen-bond donors (Lipinski definition) is 3. The summed E-state index contributed by atoms with van der Waals surface area (Å²) in [5.41, 5.74) is 6.50. The van der Waals surface area contributed by atoms with E-state index < -0.39 is 0 Å². The Kier molecular flexibility index (Phi) is 8.06.